The minimum atomic E-state index is 0.160. The number of rotatable bonds is 7. The van der Waals surface area contributed by atoms with E-state index in [9.17, 15) is 4.79 Å². The summed E-state index contributed by atoms with van der Waals surface area (Å²) >= 11 is 7.64. The van der Waals surface area contributed by atoms with E-state index >= 15 is 0 Å². The summed E-state index contributed by atoms with van der Waals surface area (Å²) in [6.45, 7) is 6.13. The molecule has 8 heteroatoms. The van der Waals surface area contributed by atoms with Gasteiger partial charge in [-0.2, -0.15) is 0 Å². The van der Waals surface area contributed by atoms with Crippen molar-refractivity contribution < 1.29 is 9.53 Å². The number of benzene rings is 2. The lowest BCUT2D eigenvalue weighted by Crippen LogP contribution is -2.49. The van der Waals surface area contributed by atoms with Crippen LogP contribution in [0.4, 0.5) is 5.69 Å². The number of ether oxygens (including phenoxy) is 1. The summed E-state index contributed by atoms with van der Waals surface area (Å²) in [6, 6.07) is 13.9. The Kier molecular flexibility index (Phi) is 6.92. The van der Waals surface area contributed by atoms with Crippen LogP contribution in [0.25, 0.3) is 11.0 Å². The number of anilines is 1. The van der Waals surface area contributed by atoms with Crippen LogP contribution >= 0.6 is 23.4 Å². The number of amides is 1. The monoisotopic (exact) mass is 458 g/mol. The molecule has 164 valence electrons. The maximum Gasteiger partial charge on any atom is 0.233 e. The lowest BCUT2D eigenvalue weighted by atomic mass is 10.2. The van der Waals surface area contributed by atoms with Gasteiger partial charge in [0.05, 0.1) is 23.9 Å². The Balaban J connectivity index is 1.36. The number of imidazole rings is 1. The van der Waals surface area contributed by atoms with E-state index in [1.807, 2.05) is 35.2 Å². The van der Waals surface area contributed by atoms with Gasteiger partial charge in [0, 0.05) is 43.4 Å². The molecule has 0 unspecified atom stereocenters. The quantitative estimate of drug-likeness (QED) is 0.486. The average molecular weight is 459 g/mol. The Bertz CT molecular complexity index is 1050. The first-order valence-electron chi connectivity index (χ1n) is 10.5. The second kappa shape index (κ2) is 9.83. The molecule has 1 fully saturated rings. The molecule has 1 aromatic heterocycles. The molecule has 0 atom stereocenters. The van der Waals surface area contributed by atoms with Crippen molar-refractivity contribution in [2.75, 3.05) is 43.9 Å². The first-order chi connectivity index (χ1) is 15.1. The van der Waals surface area contributed by atoms with Crippen LogP contribution in [0, 0.1) is 0 Å². The van der Waals surface area contributed by atoms with Crippen LogP contribution in [0.1, 0.15) is 13.3 Å². The summed E-state index contributed by atoms with van der Waals surface area (Å²) < 4.78 is 7.42. The second-order valence-corrected chi connectivity index (χ2v) is 8.91. The van der Waals surface area contributed by atoms with Crippen LogP contribution in [0.2, 0.25) is 5.02 Å². The molecule has 1 saturated heterocycles. The van der Waals surface area contributed by atoms with E-state index in [2.05, 4.69) is 28.5 Å². The van der Waals surface area contributed by atoms with Gasteiger partial charge in [-0.05, 0) is 48.9 Å². The number of aryl methyl sites for hydroxylation is 1. The molecule has 0 saturated carbocycles. The Morgan fingerprint density at radius 1 is 1.13 bits per heavy atom. The summed E-state index contributed by atoms with van der Waals surface area (Å²) in [4.78, 5) is 21.8. The summed E-state index contributed by atoms with van der Waals surface area (Å²) in [5.41, 5.74) is 3.10. The van der Waals surface area contributed by atoms with Crippen LogP contribution < -0.4 is 9.64 Å². The number of hydrogen-bond donors (Lipinski definition) is 0. The summed E-state index contributed by atoms with van der Waals surface area (Å²) in [7, 11) is 1.67. The number of aromatic nitrogens is 2. The lowest BCUT2D eigenvalue weighted by Gasteiger charge is -2.36. The van der Waals surface area contributed by atoms with Crippen molar-refractivity contribution in [1.29, 1.82) is 0 Å². The highest BCUT2D eigenvalue weighted by atomic mass is 35.5. The zero-order valence-electron chi connectivity index (χ0n) is 17.9. The normalized spacial score (nSPS) is 14.3. The molecule has 0 N–H and O–H groups in total. The average Bonchev–Trinajstić information content (AvgIpc) is 3.14. The third-order valence-electron chi connectivity index (χ3n) is 5.52. The van der Waals surface area contributed by atoms with E-state index in [-0.39, 0.29) is 5.91 Å². The van der Waals surface area contributed by atoms with Gasteiger partial charge in [0.25, 0.3) is 0 Å². The Morgan fingerprint density at radius 2 is 1.87 bits per heavy atom. The van der Waals surface area contributed by atoms with Gasteiger partial charge in [0.15, 0.2) is 5.16 Å². The van der Waals surface area contributed by atoms with Crippen molar-refractivity contribution in [3.63, 3.8) is 0 Å². The van der Waals surface area contributed by atoms with E-state index in [1.54, 1.807) is 7.11 Å². The van der Waals surface area contributed by atoms with E-state index in [0.717, 1.165) is 66.8 Å². The summed E-state index contributed by atoms with van der Waals surface area (Å²) in [5, 5.41) is 1.56. The molecule has 6 nitrogen and oxygen atoms in total. The van der Waals surface area contributed by atoms with Gasteiger partial charge in [-0.1, -0.05) is 30.3 Å². The third-order valence-corrected chi connectivity index (χ3v) is 6.71. The van der Waals surface area contributed by atoms with Crippen LogP contribution in [0.5, 0.6) is 5.75 Å². The predicted molar refractivity (Wildman–Crippen MR) is 128 cm³/mol. The van der Waals surface area contributed by atoms with Gasteiger partial charge in [0.2, 0.25) is 5.91 Å². The maximum absolute atomic E-state index is 12.8. The molecular formula is C23H27ClN4O2S. The largest absolute Gasteiger partial charge is 0.497 e. The molecule has 1 aliphatic heterocycles. The number of carbonyl (C=O) groups excluding carboxylic acids is 1. The number of carbonyl (C=O) groups is 1. The summed E-state index contributed by atoms with van der Waals surface area (Å²) in [6.07, 6.45) is 1.00. The van der Waals surface area contributed by atoms with Gasteiger partial charge in [-0.3, -0.25) is 4.79 Å². The van der Waals surface area contributed by atoms with Gasteiger partial charge in [-0.15, -0.1) is 0 Å². The number of halogens is 1. The first-order valence-corrected chi connectivity index (χ1v) is 11.9. The van der Waals surface area contributed by atoms with Crippen molar-refractivity contribution >= 4 is 46.0 Å². The van der Waals surface area contributed by atoms with Gasteiger partial charge < -0.3 is 19.1 Å². The molecule has 0 aliphatic carbocycles. The number of nitrogens with zero attached hydrogens (tertiary/aromatic N) is 4. The predicted octanol–water partition coefficient (Wildman–Crippen LogP) is 4.55. The van der Waals surface area contributed by atoms with Crippen molar-refractivity contribution in [2.45, 2.75) is 25.0 Å². The molecule has 1 aliphatic rings. The molecule has 4 rings (SSSR count). The fourth-order valence-corrected chi connectivity index (χ4v) is 4.97. The molecule has 31 heavy (non-hydrogen) atoms. The van der Waals surface area contributed by atoms with Crippen LogP contribution in [-0.4, -0.2) is 59.4 Å². The minimum Gasteiger partial charge on any atom is -0.497 e. The van der Waals surface area contributed by atoms with Crippen LogP contribution in [0.15, 0.2) is 47.6 Å². The fourth-order valence-electron chi connectivity index (χ4n) is 3.86. The Labute approximate surface area is 192 Å². The molecule has 2 aromatic carbocycles. The van der Waals surface area contributed by atoms with Gasteiger partial charge in [0.1, 0.15) is 5.75 Å². The highest BCUT2D eigenvalue weighted by molar-refractivity contribution is 7.99. The fraction of sp³-hybridized carbons (Fsp3) is 0.391. The van der Waals surface area contributed by atoms with Crippen LogP contribution in [-0.2, 0) is 11.3 Å². The number of piperazine rings is 1. The third kappa shape index (κ3) is 4.93. The second-order valence-electron chi connectivity index (χ2n) is 7.53. The standard InChI is InChI=1S/C23H27ClN4O2S/c1-3-10-28-21-9-4-17(24)15-20(21)25-23(28)31-16-22(29)27-13-11-26(12-14-27)18-5-7-19(30-2)8-6-18/h4-9,15H,3,10-14,16H2,1-2H3. The van der Waals surface area contributed by atoms with Crippen molar-refractivity contribution in [3.05, 3.63) is 47.5 Å². The topological polar surface area (TPSA) is 50.6 Å². The van der Waals surface area contributed by atoms with Gasteiger partial charge >= 0.3 is 0 Å². The van der Waals surface area contributed by atoms with E-state index < -0.39 is 0 Å². The first kappa shape index (κ1) is 21.8. The van der Waals surface area contributed by atoms with Crippen molar-refractivity contribution in [1.82, 2.24) is 14.5 Å². The SMILES string of the molecule is CCCn1c(SCC(=O)N2CCN(c3ccc(OC)cc3)CC2)nc2cc(Cl)ccc21. The highest BCUT2D eigenvalue weighted by Gasteiger charge is 2.22. The number of hydrogen-bond acceptors (Lipinski definition) is 5. The number of fused-ring (bicyclic) bond motifs is 1. The highest BCUT2D eigenvalue weighted by Crippen LogP contribution is 2.27. The van der Waals surface area contributed by atoms with Crippen LogP contribution in [0.3, 0.4) is 0 Å². The Hall–Kier alpha value is -2.38. The zero-order valence-corrected chi connectivity index (χ0v) is 19.5. The van der Waals surface area contributed by atoms with Crippen molar-refractivity contribution in [3.8, 4) is 5.75 Å². The number of methoxy groups -OCH3 is 1. The smallest absolute Gasteiger partial charge is 0.233 e. The van der Waals surface area contributed by atoms with E-state index in [1.165, 1.54) is 11.8 Å². The zero-order chi connectivity index (χ0) is 21.8. The summed E-state index contributed by atoms with van der Waals surface area (Å²) in [5.74, 6) is 1.40. The molecule has 0 radical (unpaired) electrons. The molecule has 1 amide bonds. The molecule has 0 spiro atoms. The Morgan fingerprint density at radius 3 is 2.55 bits per heavy atom. The molecule has 0 bridgehead atoms. The molecule has 3 aromatic rings. The van der Waals surface area contributed by atoms with E-state index in [4.69, 9.17) is 21.3 Å². The minimum absolute atomic E-state index is 0.160. The number of thioether (sulfide) groups is 1. The molecular weight excluding hydrogens is 432 g/mol. The maximum atomic E-state index is 12.8. The lowest BCUT2D eigenvalue weighted by molar-refractivity contribution is -0.128. The van der Waals surface area contributed by atoms with Gasteiger partial charge in [-0.25, -0.2) is 4.98 Å². The van der Waals surface area contributed by atoms with Crippen molar-refractivity contribution in [2.24, 2.45) is 0 Å². The molecule has 2 heterocycles. The van der Waals surface area contributed by atoms with E-state index in [0.29, 0.717) is 10.8 Å².